The highest BCUT2D eigenvalue weighted by Crippen LogP contribution is 2.41. The quantitative estimate of drug-likeness (QED) is 0.745. The van der Waals surface area contributed by atoms with E-state index in [2.05, 4.69) is 18.7 Å². The highest BCUT2D eigenvalue weighted by molar-refractivity contribution is 5.70. The maximum Gasteiger partial charge on any atom is 0.307 e. The Bertz CT molecular complexity index is 251. The van der Waals surface area contributed by atoms with Crippen LogP contribution in [0.2, 0.25) is 0 Å². The lowest BCUT2D eigenvalue weighted by atomic mass is 9.71. The van der Waals surface area contributed by atoms with Crippen LogP contribution < -0.4 is 0 Å². The van der Waals surface area contributed by atoms with Gasteiger partial charge in [0.25, 0.3) is 0 Å². The van der Waals surface area contributed by atoms with Gasteiger partial charge in [0.15, 0.2) is 0 Å². The lowest BCUT2D eigenvalue weighted by molar-refractivity contribution is -0.146. The van der Waals surface area contributed by atoms with Gasteiger partial charge in [-0.05, 0) is 25.2 Å². The molecule has 1 rings (SSSR count). The van der Waals surface area contributed by atoms with Crippen molar-refractivity contribution in [1.29, 1.82) is 0 Å². The minimum Gasteiger partial charge on any atom is -0.481 e. The van der Waals surface area contributed by atoms with Gasteiger partial charge in [-0.3, -0.25) is 9.69 Å². The van der Waals surface area contributed by atoms with Gasteiger partial charge in [-0.25, -0.2) is 0 Å². The molecular weight excluding hydrogens is 214 g/mol. The Balaban J connectivity index is 2.50. The Morgan fingerprint density at radius 3 is 2.06 bits per heavy atom. The molecule has 1 fully saturated rings. The topological polar surface area (TPSA) is 40.5 Å². The van der Waals surface area contributed by atoms with Crippen LogP contribution in [0.15, 0.2) is 0 Å². The molecule has 0 aromatic rings. The Kier molecular flexibility index (Phi) is 4.99. The van der Waals surface area contributed by atoms with Gasteiger partial charge in [0.05, 0.1) is 5.92 Å². The zero-order valence-electron chi connectivity index (χ0n) is 11.7. The van der Waals surface area contributed by atoms with Crippen LogP contribution in [-0.4, -0.2) is 35.1 Å². The van der Waals surface area contributed by atoms with Crippen LogP contribution in [0, 0.1) is 11.3 Å². The predicted molar refractivity (Wildman–Crippen MR) is 70.1 cm³/mol. The normalized spacial score (nSPS) is 22.8. The number of carboxylic acids is 1. The maximum absolute atomic E-state index is 11.0. The van der Waals surface area contributed by atoms with Crippen molar-refractivity contribution in [2.24, 2.45) is 11.3 Å². The highest BCUT2D eigenvalue weighted by atomic mass is 16.4. The number of likely N-dealkylation sites (tertiary alicyclic amines) is 1. The SMILES string of the molecule is CCCC1(CCC)CN(C(C)C(C)C(=O)O)C1. The number of carbonyl (C=O) groups is 1. The van der Waals surface area contributed by atoms with Gasteiger partial charge >= 0.3 is 5.97 Å². The number of aliphatic carboxylic acids is 1. The van der Waals surface area contributed by atoms with E-state index in [4.69, 9.17) is 5.11 Å². The van der Waals surface area contributed by atoms with Crippen LogP contribution in [0.1, 0.15) is 53.4 Å². The third-order valence-corrected chi connectivity index (χ3v) is 4.33. The Labute approximate surface area is 105 Å². The van der Waals surface area contributed by atoms with E-state index in [9.17, 15) is 4.79 Å². The number of hydrogen-bond donors (Lipinski definition) is 1. The third-order valence-electron chi connectivity index (χ3n) is 4.33. The molecule has 17 heavy (non-hydrogen) atoms. The first-order valence-corrected chi connectivity index (χ1v) is 6.92. The molecule has 2 unspecified atom stereocenters. The van der Waals surface area contributed by atoms with Crippen molar-refractivity contribution in [2.45, 2.75) is 59.4 Å². The minimum absolute atomic E-state index is 0.161. The molecule has 0 aromatic carbocycles. The lowest BCUT2D eigenvalue weighted by Gasteiger charge is -2.54. The summed E-state index contributed by atoms with van der Waals surface area (Å²) in [4.78, 5) is 13.3. The Morgan fingerprint density at radius 1 is 1.24 bits per heavy atom. The third kappa shape index (κ3) is 3.21. The molecule has 1 aliphatic rings. The molecule has 3 heteroatoms. The number of carboxylic acid groups (broad SMARTS) is 1. The molecule has 0 radical (unpaired) electrons. The molecule has 1 aliphatic heterocycles. The predicted octanol–water partition coefficient (Wildman–Crippen LogP) is 3.00. The van der Waals surface area contributed by atoms with Crippen LogP contribution in [-0.2, 0) is 4.79 Å². The maximum atomic E-state index is 11.0. The van der Waals surface area contributed by atoms with Gasteiger partial charge in [-0.15, -0.1) is 0 Å². The molecule has 1 saturated heterocycles. The summed E-state index contributed by atoms with van der Waals surface area (Å²) in [6.07, 6.45) is 5.03. The molecule has 0 aromatic heterocycles. The van der Waals surface area contributed by atoms with Crippen molar-refractivity contribution in [3.8, 4) is 0 Å². The van der Waals surface area contributed by atoms with E-state index < -0.39 is 5.97 Å². The Morgan fingerprint density at radius 2 is 1.71 bits per heavy atom. The first-order valence-electron chi connectivity index (χ1n) is 6.92. The monoisotopic (exact) mass is 241 g/mol. The highest BCUT2D eigenvalue weighted by Gasteiger charge is 2.44. The number of rotatable bonds is 7. The van der Waals surface area contributed by atoms with Crippen molar-refractivity contribution in [1.82, 2.24) is 4.90 Å². The van der Waals surface area contributed by atoms with Crippen LogP contribution >= 0.6 is 0 Å². The van der Waals surface area contributed by atoms with E-state index in [1.165, 1.54) is 25.7 Å². The van der Waals surface area contributed by atoms with Crippen LogP contribution in [0.25, 0.3) is 0 Å². The average molecular weight is 241 g/mol. The summed E-state index contributed by atoms with van der Waals surface area (Å²) in [6, 6.07) is 0.161. The van der Waals surface area contributed by atoms with E-state index in [1.54, 1.807) is 0 Å². The van der Waals surface area contributed by atoms with E-state index in [0.717, 1.165) is 13.1 Å². The first kappa shape index (κ1) is 14.5. The van der Waals surface area contributed by atoms with Crippen molar-refractivity contribution in [2.75, 3.05) is 13.1 Å². The van der Waals surface area contributed by atoms with Crippen molar-refractivity contribution >= 4 is 5.97 Å². The van der Waals surface area contributed by atoms with Gasteiger partial charge < -0.3 is 5.11 Å². The van der Waals surface area contributed by atoms with Crippen molar-refractivity contribution in [3.63, 3.8) is 0 Å². The smallest absolute Gasteiger partial charge is 0.307 e. The van der Waals surface area contributed by atoms with Crippen molar-refractivity contribution in [3.05, 3.63) is 0 Å². The van der Waals surface area contributed by atoms with Crippen LogP contribution in [0.4, 0.5) is 0 Å². The average Bonchev–Trinajstić information content (AvgIpc) is 2.23. The molecule has 1 heterocycles. The molecule has 100 valence electrons. The second-order valence-electron chi connectivity index (χ2n) is 5.77. The molecule has 2 atom stereocenters. The molecular formula is C14H27NO2. The van der Waals surface area contributed by atoms with E-state index >= 15 is 0 Å². The standard InChI is InChI=1S/C14H27NO2/c1-5-7-14(8-6-2)9-15(10-14)12(4)11(3)13(16)17/h11-12H,5-10H2,1-4H3,(H,16,17). The van der Waals surface area contributed by atoms with Gasteiger partial charge in [-0.2, -0.15) is 0 Å². The molecule has 0 spiro atoms. The Hall–Kier alpha value is -0.570. The van der Waals surface area contributed by atoms with E-state index in [1.807, 2.05) is 13.8 Å². The molecule has 0 amide bonds. The van der Waals surface area contributed by atoms with Crippen molar-refractivity contribution < 1.29 is 9.90 Å². The summed E-state index contributed by atoms with van der Waals surface area (Å²) >= 11 is 0. The summed E-state index contributed by atoms with van der Waals surface area (Å²) in [6.45, 7) is 10.5. The zero-order chi connectivity index (χ0) is 13.1. The summed E-state index contributed by atoms with van der Waals surface area (Å²) in [5.74, 6) is -0.947. The van der Waals surface area contributed by atoms with Crippen LogP contribution in [0.3, 0.4) is 0 Å². The van der Waals surface area contributed by atoms with Gasteiger partial charge in [0, 0.05) is 19.1 Å². The first-order chi connectivity index (χ1) is 7.95. The second-order valence-corrected chi connectivity index (χ2v) is 5.77. The largest absolute Gasteiger partial charge is 0.481 e. The number of hydrogen-bond acceptors (Lipinski definition) is 2. The fourth-order valence-corrected chi connectivity index (χ4v) is 3.13. The minimum atomic E-state index is -0.680. The van der Waals surface area contributed by atoms with Gasteiger partial charge in [0.1, 0.15) is 0 Å². The molecule has 0 saturated carbocycles. The summed E-state index contributed by atoms with van der Waals surface area (Å²) in [5.41, 5.74) is 0.482. The summed E-state index contributed by atoms with van der Waals surface area (Å²) in [5, 5.41) is 9.03. The second kappa shape index (κ2) is 5.85. The van der Waals surface area contributed by atoms with Crippen LogP contribution in [0.5, 0.6) is 0 Å². The lowest BCUT2D eigenvalue weighted by Crippen LogP contribution is -2.60. The summed E-state index contributed by atoms with van der Waals surface area (Å²) in [7, 11) is 0. The number of nitrogens with zero attached hydrogens (tertiary/aromatic N) is 1. The fraction of sp³-hybridized carbons (Fsp3) is 0.929. The molecule has 1 N–H and O–H groups in total. The zero-order valence-corrected chi connectivity index (χ0v) is 11.7. The van der Waals surface area contributed by atoms with E-state index in [-0.39, 0.29) is 12.0 Å². The molecule has 3 nitrogen and oxygen atoms in total. The van der Waals surface area contributed by atoms with Gasteiger partial charge in [0.2, 0.25) is 0 Å². The molecule has 0 aliphatic carbocycles. The summed E-state index contributed by atoms with van der Waals surface area (Å²) < 4.78 is 0. The van der Waals surface area contributed by atoms with Gasteiger partial charge in [-0.1, -0.05) is 33.6 Å². The van der Waals surface area contributed by atoms with E-state index in [0.29, 0.717) is 5.41 Å². The fourth-order valence-electron chi connectivity index (χ4n) is 3.13. The molecule has 0 bridgehead atoms.